The average Bonchev–Trinajstić information content (AvgIpc) is 2.05. The molecule has 1 saturated heterocycles. The molecule has 72 valence electrons. The minimum absolute atomic E-state index is 0.654. The van der Waals surface area contributed by atoms with Gasteiger partial charge in [0.25, 0.3) is 0 Å². The van der Waals surface area contributed by atoms with Gasteiger partial charge in [-0.25, -0.2) is 0 Å². The van der Waals surface area contributed by atoms with Gasteiger partial charge < -0.3 is 15.0 Å². The molecule has 0 radical (unpaired) electrons. The molecule has 1 unspecified atom stereocenters. The van der Waals surface area contributed by atoms with Crippen LogP contribution in [0.5, 0.6) is 0 Å². The van der Waals surface area contributed by atoms with Crippen LogP contribution in [0.4, 0.5) is 0 Å². The summed E-state index contributed by atoms with van der Waals surface area (Å²) in [7, 11) is 1.76. The van der Waals surface area contributed by atoms with Crippen LogP contribution in [0.15, 0.2) is 0 Å². The zero-order chi connectivity index (χ0) is 8.81. The van der Waals surface area contributed by atoms with E-state index in [9.17, 15) is 0 Å². The van der Waals surface area contributed by atoms with Gasteiger partial charge in [-0.3, -0.25) is 0 Å². The fourth-order valence-electron chi connectivity index (χ4n) is 1.65. The molecule has 0 spiro atoms. The van der Waals surface area contributed by atoms with Crippen molar-refractivity contribution < 1.29 is 4.74 Å². The lowest BCUT2D eigenvalue weighted by Crippen LogP contribution is -2.49. The Bertz CT molecular complexity index is 119. The first-order chi connectivity index (χ1) is 5.83. The molecular formula is C9H20N2O. The van der Waals surface area contributed by atoms with Crippen LogP contribution in [0.2, 0.25) is 0 Å². The number of rotatable bonds is 4. The molecule has 0 amide bonds. The molecule has 1 atom stereocenters. The highest BCUT2D eigenvalue weighted by Crippen LogP contribution is 1.99. The van der Waals surface area contributed by atoms with Crippen molar-refractivity contribution in [2.24, 2.45) is 0 Å². The van der Waals surface area contributed by atoms with E-state index in [0.29, 0.717) is 6.04 Å². The van der Waals surface area contributed by atoms with E-state index in [1.165, 1.54) is 19.6 Å². The smallest absolute Gasteiger partial charge is 0.0474 e. The third kappa shape index (κ3) is 3.52. The second-order valence-corrected chi connectivity index (χ2v) is 3.50. The Morgan fingerprint density at radius 1 is 1.58 bits per heavy atom. The maximum absolute atomic E-state index is 5.02. The van der Waals surface area contributed by atoms with Gasteiger partial charge in [0.05, 0.1) is 0 Å². The lowest BCUT2D eigenvalue weighted by Gasteiger charge is -2.31. The topological polar surface area (TPSA) is 24.5 Å². The SMILES string of the molecule is COCCCN1CCNC(C)C1. The van der Waals surface area contributed by atoms with Crippen LogP contribution in [0.3, 0.4) is 0 Å². The molecule has 12 heavy (non-hydrogen) atoms. The standard InChI is InChI=1S/C9H20N2O/c1-9-8-11(6-4-10-9)5-3-7-12-2/h9-10H,3-8H2,1-2H3. The highest BCUT2D eigenvalue weighted by molar-refractivity contribution is 4.74. The Morgan fingerprint density at radius 2 is 2.42 bits per heavy atom. The first-order valence-corrected chi connectivity index (χ1v) is 4.77. The molecule has 0 aromatic rings. The number of piperazine rings is 1. The van der Waals surface area contributed by atoms with Crippen molar-refractivity contribution in [1.29, 1.82) is 0 Å². The van der Waals surface area contributed by atoms with E-state index in [4.69, 9.17) is 4.74 Å². The summed E-state index contributed by atoms with van der Waals surface area (Å²) in [5.74, 6) is 0. The molecule has 0 aromatic heterocycles. The van der Waals surface area contributed by atoms with Crippen LogP contribution >= 0.6 is 0 Å². The number of nitrogens with zero attached hydrogens (tertiary/aromatic N) is 1. The van der Waals surface area contributed by atoms with Gasteiger partial charge in [0.15, 0.2) is 0 Å². The number of ether oxygens (including phenoxy) is 1. The maximum atomic E-state index is 5.02. The maximum Gasteiger partial charge on any atom is 0.0474 e. The summed E-state index contributed by atoms with van der Waals surface area (Å²) in [6.07, 6.45) is 1.16. The zero-order valence-corrected chi connectivity index (χ0v) is 8.18. The van der Waals surface area contributed by atoms with Crippen LogP contribution in [-0.2, 0) is 4.74 Å². The van der Waals surface area contributed by atoms with Crippen molar-refractivity contribution in [2.75, 3.05) is 39.9 Å². The summed E-state index contributed by atoms with van der Waals surface area (Å²) in [6, 6.07) is 0.654. The number of methoxy groups -OCH3 is 1. The normalized spacial score (nSPS) is 26.0. The summed E-state index contributed by atoms with van der Waals surface area (Å²) in [5.41, 5.74) is 0. The average molecular weight is 172 g/mol. The molecule has 1 heterocycles. The molecule has 3 heteroatoms. The fraction of sp³-hybridized carbons (Fsp3) is 1.00. The molecule has 0 aliphatic carbocycles. The molecular weight excluding hydrogens is 152 g/mol. The molecule has 1 aliphatic rings. The van der Waals surface area contributed by atoms with Crippen LogP contribution in [0.1, 0.15) is 13.3 Å². The third-order valence-corrected chi connectivity index (χ3v) is 2.28. The van der Waals surface area contributed by atoms with Gasteiger partial charge in [-0.2, -0.15) is 0 Å². The summed E-state index contributed by atoms with van der Waals surface area (Å²) in [6.45, 7) is 7.81. The van der Waals surface area contributed by atoms with Crippen molar-refractivity contribution in [1.82, 2.24) is 10.2 Å². The van der Waals surface area contributed by atoms with Gasteiger partial charge in [0, 0.05) is 45.9 Å². The predicted molar refractivity (Wildman–Crippen MR) is 50.4 cm³/mol. The predicted octanol–water partition coefficient (Wildman–Crippen LogP) is 0.317. The zero-order valence-electron chi connectivity index (χ0n) is 8.18. The first-order valence-electron chi connectivity index (χ1n) is 4.77. The molecule has 0 bridgehead atoms. The Hall–Kier alpha value is -0.120. The second-order valence-electron chi connectivity index (χ2n) is 3.50. The van der Waals surface area contributed by atoms with Crippen molar-refractivity contribution in [2.45, 2.75) is 19.4 Å². The van der Waals surface area contributed by atoms with Gasteiger partial charge in [-0.1, -0.05) is 0 Å². The molecule has 1 rings (SSSR count). The van der Waals surface area contributed by atoms with Crippen LogP contribution < -0.4 is 5.32 Å². The van der Waals surface area contributed by atoms with Crippen LogP contribution in [0.25, 0.3) is 0 Å². The van der Waals surface area contributed by atoms with Crippen molar-refractivity contribution in [3.8, 4) is 0 Å². The molecule has 1 aliphatic heterocycles. The molecule has 0 aromatic carbocycles. The highest BCUT2D eigenvalue weighted by Gasteiger charge is 2.13. The summed E-state index contributed by atoms with van der Waals surface area (Å²) < 4.78 is 5.02. The number of hydrogen-bond donors (Lipinski definition) is 1. The third-order valence-electron chi connectivity index (χ3n) is 2.28. The van der Waals surface area contributed by atoms with E-state index >= 15 is 0 Å². The minimum atomic E-state index is 0.654. The largest absolute Gasteiger partial charge is 0.385 e. The Kier molecular flexibility index (Phi) is 4.58. The van der Waals surface area contributed by atoms with Crippen molar-refractivity contribution in [3.05, 3.63) is 0 Å². The van der Waals surface area contributed by atoms with Gasteiger partial charge in [0.1, 0.15) is 0 Å². The van der Waals surface area contributed by atoms with Crippen LogP contribution in [0, 0.1) is 0 Å². The van der Waals surface area contributed by atoms with Gasteiger partial charge in [-0.05, 0) is 13.3 Å². The quantitative estimate of drug-likeness (QED) is 0.618. The van der Waals surface area contributed by atoms with Gasteiger partial charge in [-0.15, -0.1) is 0 Å². The molecule has 0 saturated carbocycles. The fourth-order valence-corrected chi connectivity index (χ4v) is 1.65. The Labute approximate surface area is 75.1 Å². The highest BCUT2D eigenvalue weighted by atomic mass is 16.5. The lowest BCUT2D eigenvalue weighted by molar-refractivity contribution is 0.155. The van der Waals surface area contributed by atoms with Crippen molar-refractivity contribution >= 4 is 0 Å². The summed E-state index contributed by atoms with van der Waals surface area (Å²) in [4.78, 5) is 2.50. The van der Waals surface area contributed by atoms with E-state index in [0.717, 1.165) is 19.6 Å². The van der Waals surface area contributed by atoms with E-state index in [-0.39, 0.29) is 0 Å². The van der Waals surface area contributed by atoms with Crippen LogP contribution in [-0.4, -0.2) is 50.8 Å². The molecule has 1 fully saturated rings. The molecule has 3 nitrogen and oxygen atoms in total. The van der Waals surface area contributed by atoms with Gasteiger partial charge >= 0.3 is 0 Å². The number of hydrogen-bond acceptors (Lipinski definition) is 3. The number of nitrogens with one attached hydrogen (secondary N) is 1. The monoisotopic (exact) mass is 172 g/mol. The van der Waals surface area contributed by atoms with Crippen molar-refractivity contribution in [3.63, 3.8) is 0 Å². The van der Waals surface area contributed by atoms with E-state index < -0.39 is 0 Å². The van der Waals surface area contributed by atoms with E-state index in [2.05, 4.69) is 17.1 Å². The summed E-state index contributed by atoms with van der Waals surface area (Å²) >= 11 is 0. The Balaban J connectivity index is 2.06. The van der Waals surface area contributed by atoms with E-state index in [1.807, 2.05) is 0 Å². The minimum Gasteiger partial charge on any atom is -0.385 e. The second kappa shape index (κ2) is 5.51. The molecule has 1 N–H and O–H groups in total. The Morgan fingerprint density at radius 3 is 3.08 bits per heavy atom. The first kappa shape index (κ1) is 9.96. The lowest BCUT2D eigenvalue weighted by atomic mass is 10.2. The summed E-state index contributed by atoms with van der Waals surface area (Å²) in [5, 5.41) is 3.43. The van der Waals surface area contributed by atoms with Gasteiger partial charge in [0.2, 0.25) is 0 Å². The van der Waals surface area contributed by atoms with E-state index in [1.54, 1.807) is 7.11 Å².